The van der Waals surface area contributed by atoms with Crippen molar-refractivity contribution in [2.45, 2.75) is 39.5 Å². The summed E-state index contributed by atoms with van der Waals surface area (Å²) in [6.45, 7) is 4.73. The minimum atomic E-state index is 0.263. The Bertz CT molecular complexity index is 502. The maximum atomic E-state index is 8.77. The van der Waals surface area contributed by atoms with Gasteiger partial charge in [0.2, 0.25) is 0 Å². The third kappa shape index (κ3) is 3.33. The molecule has 0 saturated heterocycles. The molecule has 1 aromatic heterocycles. The number of benzene rings is 1. The Morgan fingerprint density at radius 1 is 1.28 bits per heavy atom. The van der Waals surface area contributed by atoms with Gasteiger partial charge in [0, 0.05) is 13.0 Å². The van der Waals surface area contributed by atoms with Crippen molar-refractivity contribution < 1.29 is 5.11 Å². The molecule has 0 amide bonds. The van der Waals surface area contributed by atoms with Crippen LogP contribution in [-0.4, -0.2) is 21.7 Å². The molecule has 0 radical (unpaired) electrons. The smallest absolute Gasteiger partial charge is 0.107 e. The van der Waals surface area contributed by atoms with E-state index in [1.807, 2.05) is 0 Å². The van der Waals surface area contributed by atoms with Crippen LogP contribution in [0.3, 0.4) is 0 Å². The van der Waals surface area contributed by atoms with Crippen LogP contribution in [0.4, 0.5) is 0 Å². The molecule has 18 heavy (non-hydrogen) atoms. The average Bonchev–Trinajstić information content (AvgIpc) is 2.70. The maximum absolute atomic E-state index is 8.77. The molecule has 0 aliphatic rings. The Hall–Kier alpha value is -1.35. The number of nitrogens with zero attached hydrogens (tertiary/aromatic N) is 1. The molecule has 0 bridgehead atoms. The molecule has 0 aliphatic heterocycles. The van der Waals surface area contributed by atoms with Gasteiger partial charge in [0.25, 0.3) is 0 Å². The predicted octanol–water partition coefficient (Wildman–Crippen LogP) is 3.08. The molecule has 98 valence electrons. The summed E-state index contributed by atoms with van der Waals surface area (Å²) >= 11 is 0. The Morgan fingerprint density at radius 2 is 2.11 bits per heavy atom. The third-order valence-corrected chi connectivity index (χ3v) is 3.06. The zero-order valence-corrected chi connectivity index (χ0v) is 11.2. The highest BCUT2D eigenvalue weighted by Gasteiger charge is 2.04. The van der Waals surface area contributed by atoms with Gasteiger partial charge >= 0.3 is 0 Å². The van der Waals surface area contributed by atoms with Gasteiger partial charge in [-0.1, -0.05) is 19.9 Å². The Morgan fingerprint density at radius 3 is 2.83 bits per heavy atom. The lowest BCUT2D eigenvalue weighted by atomic mass is 10.0. The van der Waals surface area contributed by atoms with E-state index in [1.165, 1.54) is 5.56 Å². The Labute approximate surface area is 108 Å². The topological polar surface area (TPSA) is 48.9 Å². The van der Waals surface area contributed by atoms with Crippen molar-refractivity contribution in [3.63, 3.8) is 0 Å². The summed E-state index contributed by atoms with van der Waals surface area (Å²) < 4.78 is 0. The zero-order chi connectivity index (χ0) is 13.0. The van der Waals surface area contributed by atoms with Gasteiger partial charge in [-0.05, 0) is 42.9 Å². The molecule has 0 unspecified atom stereocenters. The minimum Gasteiger partial charge on any atom is -0.396 e. The second-order valence-corrected chi connectivity index (χ2v) is 5.31. The van der Waals surface area contributed by atoms with Crippen LogP contribution in [0, 0.1) is 5.92 Å². The fraction of sp³-hybridized carbons (Fsp3) is 0.533. The predicted molar refractivity (Wildman–Crippen MR) is 74.7 cm³/mol. The van der Waals surface area contributed by atoms with Crippen molar-refractivity contribution in [2.24, 2.45) is 5.92 Å². The molecule has 0 spiro atoms. The summed E-state index contributed by atoms with van der Waals surface area (Å²) in [5.74, 6) is 1.70. The molecule has 2 N–H and O–H groups in total. The number of fused-ring (bicyclic) bond motifs is 1. The number of H-pyrrole nitrogens is 1. The zero-order valence-electron chi connectivity index (χ0n) is 11.2. The van der Waals surface area contributed by atoms with Gasteiger partial charge in [-0.25, -0.2) is 4.98 Å². The molecule has 2 rings (SSSR count). The first-order valence-electron chi connectivity index (χ1n) is 6.77. The first-order valence-corrected chi connectivity index (χ1v) is 6.77. The largest absolute Gasteiger partial charge is 0.396 e. The summed E-state index contributed by atoms with van der Waals surface area (Å²) in [5, 5.41) is 8.77. The normalized spacial score (nSPS) is 11.6. The number of unbranched alkanes of at least 4 members (excludes halogenated alkanes) is 1. The van der Waals surface area contributed by atoms with Gasteiger partial charge in [0.1, 0.15) is 5.82 Å². The van der Waals surface area contributed by atoms with E-state index < -0.39 is 0 Å². The first-order chi connectivity index (χ1) is 8.69. The van der Waals surface area contributed by atoms with E-state index in [0.717, 1.165) is 42.5 Å². The molecule has 2 aromatic rings. The van der Waals surface area contributed by atoms with Crippen LogP contribution in [0.5, 0.6) is 0 Å². The quantitative estimate of drug-likeness (QED) is 0.769. The summed E-state index contributed by atoms with van der Waals surface area (Å²) in [4.78, 5) is 7.94. The van der Waals surface area contributed by atoms with Crippen molar-refractivity contribution in [3.05, 3.63) is 29.6 Å². The summed E-state index contributed by atoms with van der Waals surface area (Å²) in [6, 6.07) is 6.47. The van der Waals surface area contributed by atoms with Crippen LogP contribution in [0.2, 0.25) is 0 Å². The fourth-order valence-corrected chi connectivity index (χ4v) is 2.23. The van der Waals surface area contributed by atoms with E-state index in [4.69, 9.17) is 5.11 Å². The number of imidazole rings is 1. The van der Waals surface area contributed by atoms with E-state index in [0.29, 0.717) is 5.92 Å². The third-order valence-electron chi connectivity index (χ3n) is 3.06. The van der Waals surface area contributed by atoms with E-state index >= 15 is 0 Å². The van der Waals surface area contributed by atoms with Gasteiger partial charge < -0.3 is 10.1 Å². The van der Waals surface area contributed by atoms with Crippen molar-refractivity contribution in [1.29, 1.82) is 0 Å². The van der Waals surface area contributed by atoms with Gasteiger partial charge in [-0.3, -0.25) is 0 Å². The lowest BCUT2D eigenvalue weighted by Gasteiger charge is -2.03. The molecule has 0 aliphatic carbocycles. The van der Waals surface area contributed by atoms with Crippen LogP contribution in [0.15, 0.2) is 18.2 Å². The number of aliphatic hydroxyl groups excluding tert-OH is 1. The maximum Gasteiger partial charge on any atom is 0.107 e. The molecular weight excluding hydrogens is 224 g/mol. The number of aromatic amines is 1. The van der Waals surface area contributed by atoms with Crippen molar-refractivity contribution >= 4 is 11.0 Å². The molecule has 0 saturated carbocycles. The van der Waals surface area contributed by atoms with Crippen LogP contribution in [0.25, 0.3) is 11.0 Å². The minimum absolute atomic E-state index is 0.263. The molecule has 0 fully saturated rings. The van der Waals surface area contributed by atoms with E-state index in [1.54, 1.807) is 0 Å². The molecular formula is C15H22N2O. The van der Waals surface area contributed by atoms with Gasteiger partial charge in [0.05, 0.1) is 11.0 Å². The Kier molecular flexibility index (Phi) is 4.37. The molecule has 1 heterocycles. The molecule has 0 atom stereocenters. The highest BCUT2D eigenvalue weighted by Crippen LogP contribution is 2.17. The van der Waals surface area contributed by atoms with Crippen LogP contribution in [-0.2, 0) is 12.8 Å². The van der Waals surface area contributed by atoms with Gasteiger partial charge in [-0.15, -0.1) is 0 Å². The van der Waals surface area contributed by atoms with Crippen molar-refractivity contribution in [1.82, 2.24) is 9.97 Å². The second kappa shape index (κ2) is 6.01. The van der Waals surface area contributed by atoms with Crippen molar-refractivity contribution in [2.75, 3.05) is 6.61 Å². The molecule has 3 nitrogen and oxygen atoms in total. The highest BCUT2D eigenvalue weighted by molar-refractivity contribution is 5.75. The number of rotatable bonds is 6. The lowest BCUT2D eigenvalue weighted by molar-refractivity contribution is 0.284. The number of aliphatic hydroxyl groups is 1. The van der Waals surface area contributed by atoms with Gasteiger partial charge in [0.15, 0.2) is 0 Å². The lowest BCUT2D eigenvalue weighted by Crippen LogP contribution is -1.93. The number of nitrogens with one attached hydrogen (secondary N) is 1. The van der Waals surface area contributed by atoms with E-state index in [-0.39, 0.29) is 6.61 Å². The number of hydrogen-bond acceptors (Lipinski definition) is 2. The van der Waals surface area contributed by atoms with Crippen LogP contribution < -0.4 is 0 Å². The van der Waals surface area contributed by atoms with Crippen LogP contribution >= 0.6 is 0 Å². The van der Waals surface area contributed by atoms with E-state index in [2.05, 4.69) is 42.0 Å². The van der Waals surface area contributed by atoms with Crippen molar-refractivity contribution in [3.8, 4) is 0 Å². The average molecular weight is 246 g/mol. The number of aryl methyl sites for hydroxylation is 1. The SMILES string of the molecule is CC(C)Cc1ccc2nc(CCCCO)[nH]c2c1. The fourth-order valence-electron chi connectivity index (χ4n) is 2.23. The summed E-state index contributed by atoms with van der Waals surface area (Å²) in [7, 11) is 0. The summed E-state index contributed by atoms with van der Waals surface area (Å²) in [5.41, 5.74) is 3.54. The number of aromatic nitrogens is 2. The van der Waals surface area contributed by atoms with Crippen LogP contribution in [0.1, 0.15) is 38.1 Å². The molecule has 3 heteroatoms. The molecule has 1 aromatic carbocycles. The monoisotopic (exact) mass is 246 g/mol. The number of hydrogen-bond donors (Lipinski definition) is 2. The standard InChI is InChI=1S/C15H22N2O/c1-11(2)9-12-6-7-13-14(10-12)17-15(16-13)5-3-4-8-18/h6-7,10-11,18H,3-5,8-9H2,1-2H3,(H,16,17). The summed E-state index contributed by atoms with van der Waals surface area (Å²) in [6.07, 6.45) is 3.84. The Balaban J connectivity index is 2.12. The first kappa shape index (κ1) is 13.1. The van der Waals surface area contributed by atoms with Gasteiger partial charge in [-0.2, -0.15) is 0 Å². The highest BCUT2D eigenvalue weighted by atomic mass is 16.2. The van der Waals surface area contributed by atoms with E-state index in [9.17, 15) is 0 Å². The second-order valence-electron chi connectivity index (χ2n) is 5.31.